The number of hydrogen-bond donors (Lipinski definition) is 1. The lowest BCUT2D eigenvalue weighted by atomic mass is 10.6. The molecule has 76 valence electrons. The van der Waals surface area contributed by atoms with Crippen LogP contribution in [-0.4, -0.2) is 36.1 Å². The standard InChI is InChI=1S/C4H2O3.C3H4O4/c5-3-1-2-4(6)7-3;1-7-3(6)2(4)5/h1-2H;1H3,(H,4,5). The highest BCUT2D eigenvalue weighted by Crippen LogP contribution is 1.92. The van der Waals surface area contributed by atoms with Crippen LogP contribution in [0.4, 0.5) is 0 Å². The number of rotatable bonds is 0. The molecule has 1 aliphatic rings. The number of carbonyl (C=O) groups excluding carboxylic acids is 3. The maximum atomic E-state index is 9.92. The van der Waals surface area contributed by atoms with Gasteiger partial charge in [-0.2, -0.15) is 0 Å². The Hall–Kier alpha value is -2.18. The van der Waals surface area contributed by atoms with Crippen molar-refractivity contribution in [3.8, 4) is 0 Å². The first kappa shape index (κ1) is 11.8. The molecule has 1 rings (SSSR count). The van der Waals surface area contributed by atoms with Crippen molar-refractivity contribution >= 4 is 23.9 Å². The minimum Gasteiger partial charge on any atom is -0.473 e. The van der Waals surface area contributed by atoms with Crippen molar-refractivity contribution in [1.82, 2.24) is 0 Å². The summed E-state index contributed by atoms with van der Waals surface area (Å²) in [6.07, 6.45) is 2.17. The Bertz CT molecular complexity index is 285. The van der Waals surface area contributed by atoms with Crippen molar-refractivity contribution in [3.63, 3.8) is 0 Å². The zero-order valence-electron chi connectivity index (χ0n) is 7.05. The van der Waals surface area contributed by atoms with Gasteiger partial charge < -0.3 is 14.6 Å². The zero-order chi connectivity index (χ0) is 11.1. The average Bonchev–Trinajstić information content (AvgIpc) is 2.49. The second-order valence-corrected chi connectivity index (χ2v) is 1.87. The Labute approximate surface area is 77.9 Å². The zero-order valence-corrected chi connectivity index (χ0v) is 7.05. The first-order chi connectivity index (χ1) is 6.47. The summed E-state index contributed by atoms with van der Waals surface area (Å²) < 4.78 is 7.75. The molecule has 0 aromatic carbocycles. The van der Waals surface area contributed by atoms with E-state index in [1.54, 1.807) is 0 Å². The molecule has 0 fully saturated rings. The summed E-state index contributed by atoms with van der Waals surface area (Å²) in [6.45, 7) is 0. The molecule has 0 atom stereocenters. The van der Waals surface area contributed by atoms with E-state index in [2.05, 4.69) is 9.47 Å². The van der Waals surface area contributed by atoms with Gasteiger partial charge in [-0.15, -0.1) is 0 Å². The molecule has 1 aliphatic heterocycles. The average molecular weight is 202 g/mol. The van der Waals surface area contributed by atoms with Crippen LogP contribution in [0.15, 0.2) is 12.2 Å². The van der Waals surface area contributed by atoms with Gasteiger partial charge in [0.1, 0.15) is 0 Å². The lowest BCUT2D eigenvalue weighted by Gasteiger charge is -1.85. The highest BCUT2D eigenvalue weighted by atomic mass is 16.6. The number of carboxylic acids is 1. The maximum Gasteiger partial charge on any atom is 0.417 e. The normalized spacial score (nSPS) is 12.6. The van der Waals surface area contributed by atoms with E-state index < -0.39 is 23.9 Å². The van der Waals surface area contributed by atoms with Crippen LogP contribution >= 0.6 is 0 Å². The Morgan fingerprint density at radius 1 is 1.29 bits per heavy atom. The van der Waals surface area contributed by atoms with E-state index in [-0.39, 0.29) is 0 Å². The second kappa shape index (κ2) is 5.46. The molecule has 0 unspecified atom stereocenters. The number of hydrogen-bond acceptors (Lipinski definition) is 6. The van der Waals surface area contributed by atoms with Crippen LogP contribution in [0, 0.1) is 0 Å². The summed E-state index contributed by atoms with van der Waals surface area (Å²) in [6, 6.07) is 0. The number of methoxy groups -OCH3 is 1. The Morgan fingerprint density at radius 3 is 1.79 bits per heavy atom. The molecule has 0 saturated heterocycles. The minimum absolute atomic E-state index is 0.579. The van der Waals surface area contributed by atoms with Crippen LogP contribution in [0.2, 0.25) is 0 Å². The first-order valence-electron chi connectivity index (χ1n) is 3.22. The van der Waals surface area contributed by atoms with E-state index in [1.165, 1.54) is 0 Å². The minimum atomic E-state index is -1.57. The van der Waals surface area contributed by atoms with Gasteiger partial charge in [-0.25, -0.2) is 19.2 Å². The molecule has 0 spiro atoms. The fourth-order valence-corrected chi connectivity index (χ4v) is 0.391. The number of ether oxygens (including phenoxy) is 2. The summed E-state index contributed by atoms with van der Waals surface area (Å²) in [5.74, 6) is -3.96. The third kappa shape index (κ3) is 4.65. The van der Waals surface area contributed by atoms with Crippen LogP contribution in [0.1, 0.15) is 0 Å². The van der Waals surface area contributed by atoms with Gasteiger partial charge in [-0.1, -0.05) is 0 Å². The van der Waals surface area contributed by atoms with Crippen molar-refractivity contribution in [3.05, 3.63) is 12.2 Å². The first-order valence-corrected chi connectivity index (χ1v) is 3.22. The Balaban J connectivity index is 0.000000241. The van der Waals surface area contributed by atoms with Gasteiger partial charge >= 0.3 is 23.9 Å². The number of esters is 3. The molecule has 1 N–H and O–H groups in total. The third-order valence-corrected chi connectivity index (χ3v) is 0.917. The van der Waals surface area contributed by atoms with E-state index in [0.717, 1.165) is 19.3 Å². The SMILES string of the molecule is COC(=O)C(=O)O.O=C1C=CC(=O)O1. The molecule has 0 radical (unpaired) electrons. The molecule has 0 saturated carbocycles. The van der Waals surface area contributed by atoms with Crippen molar-refractivity contribution in [1.29, 1.82) is 0 Å². The fourth-order valence-electron chi connectivity index (χ4n) is 0.391. The predicted molar refractivity (Wildman–Crippen MR) is 39.9 cm³/mol. The van der Waals surface area contributed by atoms with Crippen LogP contribution in [0.25, 0.3) is 0 Å². The van der Waals surface area contributed by atoms with Crippen molar-refractivity contribution in [2.75, 3.05) is 7.11 Å². The molecule has 0 bridgehead atoms. The number of carboxylic acid groups (broad SMARTS) is 1. The van der Waals surface area contributed by atoms with Crippen molar-refractivity contribution in [2.24, 2.45) is 0 Å². The van der Waals surface area contributed by atoms with Gasteiger partial charge in [0, 0.05) is 12.2 Å². The molecule has 0 aromatic heterocycles. The van der Waals surface area contributed by atoms with Crippen LogP contribution in [0.3, 0.4) is 0 Å². The molecule has 0 aromatic rings. The predicted octanol–water partition coefficient (Wildman–Crippen LogP) is -1.13. The summed E-state index contributed by atoms with van der Waals surface area (Å²) in [4.78, 5) is 39.0. The van der Waals surface area contributed by atoms with Gasteiger partial charge in [0.05, 0.1) is 7.11 Å². The van der Waals surface area contributed by atoms with Gasteiger partial charge in [0.15, 0.2) is 0 Å². The van der Waals surface area contributed by atoms with E-state index >= 15 is 0 Å². The topological polar surface area (TPSA) is 107 Å². The Morgan fingerprint density at radius 2 is 1.71 bits per heavy atom. The molecular formula is C7H6O7. The number of carbonyl (C=O) groups is 4. The van der Waals surface area contributed by atoms with Crippen molar-refractivity contribution < 1.29 is 33.8 Å². The summed E-state index contributed by atoms with van der Waals surface area (Å²) in [5.41, 5.74) is 0. The van der Waals surface area contributed by atoms with Crippen LogP contribution < -0.4 is 0 Å². The molecule has 0 aliphatic carbocycles. The summed E-state index contributed by atoms with van der Waals surface area (Å²) >= 11 is 0. The van der Waals surface area contributed by atoms with Gasteiger partial charge in [-0.05, 0) is 0 Å². The quantitative estimate of drug-likeness (QED) is 0.301. The smallest absolute Gasteiger partial charge is 0.417 e. The van der Waals surface area contributed by atoms with Crippen LogP contribution in [-0.2, 0) is 28.7 Å². The monoisotopic (exact) mass is 202 g/mol. The molecule has 14 heavy (non-hydrogen) atoms. The highest BCUT2D eigenvalue weighted by Gasteiger charge is 2.10. The highest BCUT2D eigenvalue weighted by molar-refractivity contribution is 6.28. The molecule has 1 heterocycles. The fraction of sp³-hybridized carbons (Fsp3) is 0.143. The lowest BCUT2D eigenvalue weighted by molar-refractivity contribution is -0.161. The molecule has 7 nitrogen and oxygen atoms in total. The van der Waals surface area contributed by atoms with Crippen LogP contribution in [0.5, 0.6) is 0 Å². The van der Waals surface area contributed by atoms with E-state index in [0.29, 0.717) is 0 Å². The van der Waals surface area contributed by atoms with Gasteiger partial charge in [0.25, 0.3) is 0 Å². The third-order valence-electron chi connectivity index (χ3n) is 0.917. The number of aliphatic carboxylic acids is 1. The molecular weight excluding hydrogens is 196 g/mol. The maximum absolute atomic E-state index is 9.92. The second-order valence-electron chi connectivity index (χ2n) is 1.87. The molecule has 0 amide bonds. The van der Waals surface area contributed by atoms with E-state index in [1.807, 2.05) is 0 Å². The largest absolute Gasteiger partial charge is 0.473 e. The van der Waals surface area contributed by atoms with E-state index in [4.69, 9.17) is 5.11 Å². The van der Waals surface area contributed by atoms with Gasteiger partial charge in [-0.3, -0.25) is 0 Å². The Kier molecular flexibility index (Phi) is 4.61. The van der Waals surface area contributed by atoms with Crippen molar-refractivity contribution in [2.45, 2.75) is 0 Å². The van der Waals surface area contributed by atoms with Gasteiger partial charge in [0.2, 0.25) is 0 Å². The summed E-state index contributed by atoms with van der Waals surface area (Å²) in [5, 5.41) is 7.71. The lowest BCUT2D eigenvalue weighted by Crippen LogP contribution is -2.13. The van der Waals surface area contributed by atoms with E-state index in [9.17, 15) is 19.2 Å². The number of cyclic esters (lactones) is 2. The summed E-state index contributed by atoms with van der Waals surface area (Å²) in [7, 11) is 1.01. The molecule has 7 heteroatoms.